The number of likely N-dealkylation sites (tertiary alicyclic amines) is 1. The van der Waals surface area contributed by atoms with E-state index in [1.165, 1.54) is 35.8 Å². The van der Waals surface area contributed by atoms with Gasteiger partial charge in [-0.1, -0.05) is 80.8 Å². The van der Waals surface area contributed by atoms with E-state index in [1.807, 2.05) is 4.90 Å². The summed E-state index contributed by atoms with van der Waals surface area (Å²) in [7, 11) is 0. The molecule has 3 saturated heterocycles. The standard InChI is InChI=1S/C50H56Cl2F3N7O5/c1-31(51)49(65)61-23-21-60(22-24-61)47-36-28-38(52)43(45(55)46(36)56-30-57-47)44-39(54)12-11-13-41(44)67-25-10-8-6-4-2-3-5-7-9-18-59-19-16-32(17-20-59)34-26-33(53)27-35-37(34)29-62(50(35)66)40-14-15-42(63)58-48(40)64/h11-13,26-28,30,32,40H,1-10,14-25,29H2,(H,58,63,64). The topological polar surface area (TPSA) is 128 Å². The highest BCUT2D eigenvalue weighted by molar-refractivity contribution is 6.41. The number of nitrogens with one attached hydrogen (secondary N) is 1. The number of halogens is 5. The summed E-state index contributed by atoms with van der Waals surface area (Å²) >= 11 is 12.5. The molecule has 17 heteroatoms. The van der Waals surface area contributed by atoms with Gasteiger partial charge in [-0.05, 0) is 99.1 Å². The second kappa shape index (κ2) is 21.8. The van der Waals surface area contributed by atoms with E-state index >= 15 is 8.78 Å². The molecule has 12 nitrogen and oxygen atoms in total. The lowest BCUT2D eigenvalue weighted by molar-refractivity contribution is -0.137. The van der Waals surface area contributed by atoms with Gasteiger partial charge in [0, 0.05) is 55.7 Å². The quantitative estimate of drug-likeness (QED) is 0.0590. The molecular formula is C50H56Cl2F3N7O5. The van der Waals surface area contributed by atoms with Crippen LogP contribution in [0.2, 0.25) is 5.02 Å². The van der Waals surface area contributed by atoms with Crippen LogP contribution in [0.15, 0.2) is 54.3 Å². The van der Waals surface area contributed by atoms with Gasteiger partial charge in [-0.25, -0.2) is 23.1 Å². The van der Waals surface area contributed by atoms with Crippen LogP contribution in [0.3, 0.4) is 0 Å². The minimum atomic E-state index is -0.775. The number of piperazine rings is 1. The maximum Gasteiger partial charge on any atom is 0.264 e. The van der Waals surface area contributed by atoms with Crippen LogP contribution >= 0.6 is 23.2 Å². The van der Waals surface area contributed by atoms with Crippen molar-refractivity contribution in [3.05, 3.63) is 93.5 Å². The summed E-state index contributed by atoms with van der Waals surface area (Å²) in [5.74, 6) is -2.55. The molecule has 5 heterocycles. The first-order valence-electron chi connectivity index (χ1n) is 23.5. The van der Waals surface area contributed by atoms with Gasteiger partial charge >= 0.3 is 0 Å². The van der Waals surface area contributed by atoms with E-state index in [0.717, 1.165) is 95.0 Å². The van der Waals surface area contributed by atoms with Gasteiger partial charge in [0.2, 0.25) is 11.8 Å². The minimum Gasteiger partial charge on any atom is -0.493 e. The number of fused-ring (bicyclic) bond motifs is 2. The summed E-state index contributed by atoms with van der Waals surface area (Å²) in [6.07, 6.45) is 13.1. The summed E-state index contributed by atoms with van der Waals surface area (Å²) in [5, 5.41) is 2.65. The number of benzene rings is 3. The number of piperidine rings is 2. The lowest BCUT2D eigenvalue weighted by atomic mass is 9.85. The summed E-state index contributed by atoms with van der Waals surface area (Å²) < 4.78 is 52.8. The van der Waals surface area contributed by atoms with Gasteiger partial charge in [0.1, 0.15) is 41.1 Å². The van der Waals surface area contributed by atoms with Gasteiger partial charge in [-0.15, -0.1) is 0 Å². The smallest absolute Gasteiger partial charge is 0.264 e. The third-order valence-electron chi connectivity index (χ3n) is 13.7. The van der Waals surface area contributed by atoms with Gasteiger partial charge in [0.05, 0.1) is 22.2 Å². The third-order valence-corrected chi connectivity index (χ3v) is 14.1. The Kier molecular flexibility index (Phi) is 15.7. The van der Waals surface area contributed by atoms with E-state index in [9.17, 15) is 23.6 Å². The van der Waals surface area contributed by atoms with Crippen molar-refractivity contribution in [2.45, 2.75) is 102 Å². The third kappa shape index (κ3) is 10.9. The molecule has 0 aliphatic carbocycles. The molecule has 0 radical (unpaired) electrons. The van der Waals surface area contributed by atoms with Crippen LogP contribution < -0.4 is 15.0 Å². The number of imide groups is 1. The van der Waals surface area contributed by atoms with E-state index in [1.54, 1.807) is 23.1 Å². The summed E-state index contributed by atoms with van der Waals surface area (Å²) in [6, 6.07) is 8.08. The van der Waals surface area contributed by atoms with Crippen molar-refractivity contribution in [2.75, 3.05) is 57.3 Å². The van der Waals surface area contributed by atoms with Gasteiger partial charge < -0.3 is 24.3 Å². The first-order valence-corrected chi connectivity index (χ1v) is 24.3. The van der Waals surface area contributed by atoms with Crippen molar-refractivity contribution in [3.8, 4) is 16.9 Å². The lowest BCUT2D eigenvalue weighted by Gasteiger charge is -2.35. The molecule has 4 amide bonds. The molecule has 1 N–H and O–H groups in total. The number of carbonyl (C=O) groups is 4. The van der Waals surface area contributed by atoms with Crippen LogP contribution in [0.25, 0.3) is 22.0 Å². The molecule has 3 aromatic carbocycles. The molecule has 0 saturated carbocycles. The number of aromatic nitrogens is 2. The van der Waals surface area contributed by atoms with Crippen molar-refractivity contribution in [1.82, 2.24) is 30.0 Å². The summed E-state index contributed by atoms with van der Waals surface area (Å²) in [6.45, 7) is 8.56. The van der Waals surface area contributed by atoms with Crippen molar-refractivity contribution in [1.29, 1.82) is 0 Å². The zero-order valence-electron chi connectivity index (χ0n) is 37.6. The van der Waals surface area contributed by atoms with Crippen LogP contribution in [-0.4, -0.2) is 107 Å². The predicted molar refractivity (Wildman–Crippen MR) is 252 cm³/mol. The monoisotopic (exact) mass is 961 g/mol. The van der Waals surface area contributed by atoms with Crippen molar-refractivity contribution < 1.29 is 37.1 Å². The molecular weight excluding hydrogens is 906 g/mol. The molecule has 1 atom stereocenters. The average molecular weight is 963 g/mol. The average Bonchev–Trinajstić information content (AvgIpc) is 3.64. The first kappa shape index (κ1) is 48.2. The highest BCUT2D eigenvalue weighted by Gasteiger charge is 2.41. The molecule has 1 aromatic heterocycles. The Bertz CT molecular complexity index is 2530. The van der Waals surface area contributed by atoms with Gasteiger partial charge in [0.15, 0.2) is 5.82 Å². The second-order valence-corrected chi connectivity index (χ2v) is 18.9. The van der Waals surface area contributed by atoms with Gasteiger partial charge in [-0.3, -0.25) is 24.5 Å². The fourth-order valence-corrected chi connectivity index (χ4v) is 10.5. The first-order chi connectivity index (χ1) is 32.4. The number of hydrogen-bond acceptors (Lipinski definition) is 9. The fraction of sp³-hybridized carbons (Fsp3) is 0.480. The van der Waals surface area contributed by atoms with Crippen LogP contribution in [0.5, 0.6) is 5.75 Å². The Morgan fingerprint density at radius 1 is 0.851 bits per heavy atom. The minimum absolute atomic E-state index is 0.00113. The second-order valence-electron chi connectivity index (χ2n) is 18.0. The van der Waals surface area contributed by atoms with Crippen LogP contribution in [0, 0.1) is 17.5 Å². The van der Waals surface area contributed by atoms with Crippen molar-refractivity contribution in [2.24, 2.45) is 0 Å². The number of unbranched alkanes of at least 4 members (excludes halogenated alkanes) is 8. The number of rotatable bonds is 18. The van der Waals surface area contributed by atoms with E-state index in [0.29, 0.717) is 49.6 Å². The lowest BCUT2D eigenvalue weighted by Crippen LogP contribution is -2.52. The molecule has 0 bridgehead atoms. The Balaban J connectivity index is 0.729. The molecule has 4 aromatic rings. The van der Waals surface area contributed by atoms with Crippen molar-refractivity contribution in [3.63, 3.8) is 0 Å². The Morgan fingerprint density at radius 3 is 2.25 bits per heavy atom. The predicted octanol–water partition coefficient (Wildman–Crippen LogP) is 9.30. The van der Waals surface area contributed by atoms with Gasteiger partial charge in [0.25, 0.3) is 11.8 Å². The number of ether oxygens (including phenoxy) is 1. The molecule has 3 fully saturated rings. The van der Waals surface area contributed by atoms with Crippen LogP contribution in [0.1, 0.15) is 111 Å². The Labute approximate surface area is 398 Å². The Hall–Kier alpha value is -5.25. The van der Waals surface area contributed by atoms with Gasteiger partial charge in [-0.2, -0.15) is 0 Å². The number of anilines is 1. The zero-order chi connectivity index (χ0) is 47.2. The maximum atomic E-state index is 16.4. The van der Waals surface area contributed by atoms with Crippen LogP contribution in [-0.2, 0) is 20.9 Å². The molecule has 1 unspecified atom stereocenters. The highest BCUT2D eigenvalue weighted by Crippen LogP contribution is 2.43. The van der Waals surface area contributed by atoms with E-state index < -0.39 is 29.4 Å². The van der Waals surface area contributed by atoms with Crippen LogP contribution in [0.4, 0.5) is 19.0 Å². The fourth-order valence-electron chi connectivity index (χ4n) is 10.1. The normalized spacial score (nSPS) is 18.2. The molecule has 4 aliphatic heterocycles. The number of amides is 4. The summed E-state index contributed by atoms with van der Waals surface area (Å²) in [5.41, 5.74) is 1.83. The van der Waals surface area contributed by atoms with E-state index in [-0.39, 0.29) is 75.5 Å². The molecule has 8 rings (SSSR count). The SMILES string of the molecule is C=C(Cl)C(=O)N1CCN(c2ncnc3c(F)c(-c4c(F)cccc4OCCCCCCCCCCCN4CCC(c5cc(F)cc6c5CN(C5CCC(=O)NC5=O)C6=O)CC4)c(Cl)cc23)CC1. The number of carbonyl (C=O) groups excluding carboxylic acids is 4. The molecule has 0 spiro atoms. The van der Waals surface area contributed by atoms with E-state index in [4.69, 9.17) is 27.9 Å². The summed E-state index contributed by atoms with van der Waals surface area (Å²) in [4.78, 5) is 65.9. The Morgan fingerprint density at radius 2 is 1.55 bits per heavy atom. The number of nitrogens with zero attached hydrogens (tertiary/aromatic N) is 6. The molecule has 67 heavy (non-hydrogen) atoms. The van der Waals surface area contributed by atoms with E-state index in [2.05, 4.69) is 26.8 Å². The highest BCUT2D eigenvalue weighted by atomic mass is 35.5. The maximum absolute atomic E-state index is 16.4. The number of hydrogen-bond donors (Lipinski definition) is 1. The zero-order valence-corrected chi connectivity index (χ0v) is 39.1. The molecule has 4 aliphatic rings. The molecule has 356 valence electrons. The van der Waals surface area contributed by atoms with Crippen molar-refractivity contribution >= 4 is 63.6 Å². The largest absolute Gasteiger partial charge is 0.493 e.